The number of nitrogens with one attached hydrogen (secondary N) is 1. The van der Waals surface area contributed by atoms with E-state index in [0.717, 1.165) is 19.6 Å². The summed E-state index contributed by atoms with van der Waals surface area (Å²) in [6.07, 6.45) is 9.45. The summed E-state index contributed by atoms with van der Waals surface area (Å²) in [5.74, 6) is 0. The van der Waals surface area contributed by atoms with Crippen LogP contribution < -0.4 is 5.32 Å². The Morgan fingerprint density at radius 2 is 2.43 bits per heavy atom. The Morgan fingerprint density at radius 3 is 3.21 bits per heavy atom. The zero-order valence-electron chi connectivity index (χ0n) is 9.21. The van der Waals surface area contributed by atoms with Gasteiger partial charge in [0, 0.05) is 31.5 Å². The molecule has 0 radical (unpaired) electrons. The molecule has 1 fully saturated rings. The Kier molecular flexibility index (Phi) is 2.64. The van der Waals surface area contributed by atoms with E-state index >= 15 is 0 Å². The van der Waals surface area contributed by atoms with E-state index < -0.39 is 0 Å². The van der Waals surface area contributed by atoms with Crippen LogP contribution >= 0.6 is 0 Å². The summed E-state index contributed by atoms with van der Waals surface area (Å²) in [5, 5.41) is 3.41. The van der Waals surface area contributed by atoms with Crippen molar-refractivity contribution >= 4 is 0 Å². The maximum Gasteiger partial charge on any atom is 0.0356 e. The summed E-state index contributed by atoms with van der Waals surface area (Å²) < 4.78 is 0. The lowest BCUT2D eigenvalue weighted by molar-refractivity contribution is 0.391. The van der Waals surface area contributed by atoms with Crippen molar-refractivity contribution in [1.82, 2.24) is 10.2 Å². The summed E-state index contributed by atoms with van der Waals surface area (Å²) in [6.45, 7) is 7.86. The Morgan fingerprint density at radius 1 is 1.57 bits per heavy atom. The fourth-order valence-corrected chi connectivity index (χ4v) is 1.97. The Bertz CT molecular complexity index is 267. The van der Waals surface area contributed by atoms with Gasteiger partial charge in [0.25, 0.3) is 0 Å². The van der Waals surface area contributed by atoms with E-state index in [4.69, 9.17) is 0 Å². The van der Waals surface area contributed by atoms with Gasteiger partial charge in [-0.15, -0.1) is 0 Å². The van der Waals surface area contributed by atoms with Crippen molar-refractivity contribution in [3.8, 4) is 0 Å². The van der Waals surface area contributed by atoms with Crippen molar-refractivity contribution in [2.75, 3.05) is 19.6 Å². The Balaban J connectivity index is 2.19. The van der Waals surface area contributed by atoms with Crippen LogP contribution in [0.25, 0.3) is 0 Å². The van der Waals surface area contributed by atoms with E-state index in [0.29, 0.717) is 5.41 Å². The first kappa shape index (κ1) is 9.78. The van der Waals surface area contributed by atoms with Crippen LogP contribution in [0.4, 0.5) is 0 Å². The quantitative estimate of drug-likeness (QED) is 0.684. The molecule has 2 aliphatic rings. The van der Waals surface area contributed by atoms with E-state index in [1.54, 1.807) is 0 Å². The second-order valence-corrected chi connectivity index (χ2v) is 4.59. The smallest absolute Gasteiger partial charge is 0.0356 e. The molecule has 2 rings (SSSR count). The van der Waals surface area contributed by atoms with Gasteiger partial charge < -0.3 is 10.2 Å². The molecule has 1 unspecified atom stereocenters. The van der Waals surface area contributed by atoms with E-state index in [1.165, 1.54) is 18.5 Å². The Labute approximate surface area is 86.7 Å². The second kappa shape index (κ2) is 3.77. The highest BCUT2D eigenvalue weighted by atomic mass is 15.2. The first-order chi connectivity index (χ1) is 6.73. The van der Waals surface area contributed by atoms with Crippen LogP contribution in [0.15, 0.2) is 24.0 Å². The second-order valence-electron chi connectivity index (χ2n) is 4.59. The molecule has 0 amide bonds. The number of piperazine rings is 1. The van der Waals surface area contributed by atoms with Crippen LogP contribution in [0.1, 0.15) is 26.7 Å². The van der Waals surface area contributed by atoms with Gasteiger partial charge in [-0.05, 0) is 18.3 Å². The predicted octanol–water partition coefficient (Wildman–Crippen LogP) is 2.11. The minimum atomic E-state index is 0.365. The first-order valence-electron chi connectivity index (χ1n) is 5.59. The van der Waals surface area contributed by atoms with Gasteiger partial charge in [-0.1, -0.05) is 26.0 Å². The number of fused-ring (bicyclic) bond motifs is 1. The highest BCUT2D eigenvalue weighted by Gasteiger charge is 2.22. The topological polar surface area (TPSA) is 15.3 Å². The van der Waals surface area contributed by atoms with Gasteiger partial charge in [-0.2, -0.15) is 0 Å². The molecule has 0 aromatic heterocycles. The van der Waals surface area contributed by atoms with Gasteiger partial charge in [0.2, 0.25) is 0 Å². The number of nitrogens with zero attached hydrogens (tertiary/aromatic N) is 1. The lowest BCUT2D eigenvalue weighted by atomic mass is 9.84. The molecule has 0 aromatic rings. The molecule has 0 aliphatic carbocycles. The van der Waals surface area contributed by atoms with Gasteiger partial charge in [0.05, 0.1) is 0 Å². The largest absolute Gasteiger partial charge is 0.350 e. The number of hydrogen-bond donors (Lipinski definition) is 1. The molecule has 0 bridgehead atoms. The molecule has 1 saturated heterocycles. The highest BCUT2D eigenvalue weighted by molar-refractivity contribution is 5.17. The highest BCUT2D eigenvalue weighted by Crippen LogP contribution is 2.31. The summed E-state index contributed by atoms with van der Waals surface area (Å²) in [7, 11) is 0. The summed E-state index contributed by atoms with van der Waals surface area (Å²) in [4.78, 5) is 2.39. The molecule has 0 aromatic carbocycles. The average Bonchev–Trinajstić information content (AvgIpc) is 2.40. The molecule has 2 heterocycles. The van der Waals surface area contributed by atoms with Crippen LogP contribution in [-0.2, 0) is 0 Å². The van der Waals surface area contributed by atoms with Crippen molar-refractivity contribution in [3.63, 3.8) is 0 Å². The average molecular weight is 192 g/mol. The number of hydrogen-bond acceptors (Lipinski definition) is 2. The third-order valence-corrected chi connectivity index (χ3v) is 3.47. The van der Waals surface area contributed by atoms with Crippen molar-refractivity contribution < 1.29 is 0 Å². The fourth-order valence-electron chi connectivity index (χ4n) is 1.97. The summed E-state index contributed by atoms with van der Waals surface area (Å²) in [5.41, 5.74) is 1.81. The molecule has 2 aliphatic heterocycles. The van der Waals surface area contributed by atoms with Gasteiger partial charge >= 0.3 is 0 Å². The lowest BCUT2D eigenvalue weighted by Gasteiger charge is -2.28. The normalized spacial score (nSPS) is 32.1. The molecule has 1 atom stereocenters. The van der Waals surface area contributed by atoms with Crippen molar-refractivity contribution in [3.05, 3.63) is 24.0 Å². The maximum absolute atomic E-state index is 3.41. The number of rotatable bonds is 1. The molecular weight excluding hydrogens is 172 g/mol. The van der Waals surface area contributed by atoms with Crippen molar-refractivity contribution in [2.24, 2.45) is 5.41 Å². The SMILES string of the molecule is CCC1(C)C=CN2CCNCC2=CC1. The van der Waals surface area contributed by atoms with Gasteiger partial charge in [-0.3, -0.25) is 0 Å². The fraction of sp³-hybridized carbons (Fsp3) is 0.667. The summed E-state index contributed by atoms with van der Waals surface area (Å²) >= 11 is 0. The standard InChI is InChI=1S/C12H20N2/c1-3-12(2)5-4-11-10-13-7-9-14(11)8-6-12/h4,6,8,13H,3,5,7,9-10H2,1-2H3. The van der Waals surface area contributed by atoms with E-state index in [9.17, 15) is 0 Å². The third-order valence-electron chi connectivity index (χ3n) is 3.47. The molecule has 14 heavy (non-hydrogen) atoms. The van der Waals surface area contributed by atoms with E-state index in [1.807, 2.05) is 0 Å². The van der Waals surface area contributed by atoms with Crippen LogP contribution in [0.5, 0.6) is 0 Å². The first-order valence-corrected chi connectivity index (χ1v) is 5.59. The maximum atomic E-state index is 3.41. The molecule has 78 valence electrons. The van der Waals surface area contributed by atoms with E-state index in [2.05, 4.69) is 42.4 Å². The zero-order chi connectivity index (χ0) is 10.0. The molecule has 0 spiro atoms. The van der Waals surface area contributed by atoms with E-state index in [-0.39, 0.29) is 0 Å². The molecule has 2 heteroatoms. The van der Waals surface area contributed by atoms with Crippen LogP contribution in [-0.4, -0.2) is 24.5 Å². The van der Waals surface area contributed by atoms with Crippen LogP contribution in [0, 0.1) is 5.41 Å². The van der Waals surface area contributed by atoms with Crippen molar-refractivity contribution in [1.29, 1.82) is 0 Å². The minimum absolute atomic E-state index is 0.365. The van der Waals surface area contributed by atoms with Gasteiger partial charge in [0.15, 0.2) is 0 Å². The van der Waals surface area contributed by atoms with Gasteiger partial charge in [0.1, 0.15) is 0 Å². The molecular formula is C12H20N2. The molecule has 1 N–H and O–H groups in total. The third kappa shape index (κ3) is 1.85. The summed E-state index contributed by atoms with van der Waals surface area (Å²) in [6, 6.07) is 0. The van der Waals surface area contributed by atoms with Crippen LogP contribution in [0.3, 0.4) is 0 Å². The lowest BCUT2D eigenvalue weighted by Crippen LogP contribution is -2.38. The van der Waals surface area contributed by atoms with Gasteiger partial charge in [-0.25, -0.2) is 0 Å². The molecule has 2 nitrogen and oxygen atoms in total. The minimum Gasteiger partial charge on any atom is -0.350 e. The predicted molar refractivity (Wildman–Crippen MR) is 59.8 cm³/mol. The molecule has 0 saturated carbocycles. The monoisotopic (exact) mass is 192 g/mol. The van der Waals surface area contributed by atoms with Crippen LogP contribution in [0.2, 0.25) is 0 Å². The zero-order valence-corrected chi connectivity index (χ0v) is 9.21. The van der Waals surface area contributed by atoms with Crippen molar-refractivity contribution in [2.45, 2.75) is 26.7 Å². The Hall–Kier alpha value is -0.760. The number of allylic oxidation sites excluding steroid dienone is 2.